The minimum absolute atomic E-state index is 0.0368. The van der Waals surface area contributed by atoms with Crippen molar-refractivity contribution in [3.05, 3.63) is 82.8 Å². The van der Waals surface area contributed by atoms with Gasteiger partial charge in [0, 0.05) is 39.3 Å². The van der Waals surface area contributed by atoms with Crippen LogP contribution in [0.3, 0.4) is 0 Å². The van der Waals surface area contributed by atoms with Gasteiger partial charge in [-0.15, -0.1) is 0 Å². The zero-order chi connectivity index (χ0) is 29.1. The summed E-state index contributed by atoms with van der Waals surface area (Å²) in [5.74, 6) is -0.592. The lowest BCUT2D eigenvalue weighted by Gasteiger charge is -2.40. The van der Waals surface area contributed by atoms with Crippen molar-refractivity contribution >= 4 is 22.8 Å². The Kier molecular flexibility index (Phi) is 8.92. The van der Waals surface area contributed by atoms with Crippen LogP contribution in [0.1, 0.15) is 42.7 Å². The molecule has 4 heterocycles. The molecular formula is C30H33ClF2N6O3. The first-order valence-corrected chi connectivity index (χ1v) is 14.6. The minimum Gasteiger partial charge on any atom is -0.462 e. The lowest BCUT2D eigenvalue weighted by molar-refractivity contribution is -0.0364. The number of halogens is 3. The van der Waals surface area contributed by atoms with Gasteiger partial charge in [0.05, 0.1) is 6.04 Å². The lowest BCUT2D eigenvalue weighted by atomic mass is 9.96. The molecule has 2 aliphatic rings. The van der Waals surface area contributed by atoms with Crippen molar-refractivity contribution < 1.29 is 23.4 Å². The van der Waals surface area contributed by atoms with E-state index in [9.17, 15) is 13.9 Å². The van der Waals surface area contributed by atoms with Crippen LogP contribution in [0.5, 0.6) is 6.01 Å². The molecule has 4 aromatic rings. The number of hydrogen-bond donors (Lipinski definition) is 1. The quantitative estimate of drug-likeness (QED) is 0.280. The highest BCUT2D eigenvalue weighted by Gasteiger charge is 2.29. The number of aliphatic hydroxyl groups is 1. The first-order chi connectivity index (χ1) is 20.5. The summed E-state index contributed by atoms with van der Waals surface area (Å²) in [5, 5.41) is 11.1. The van der Waals surface area contributed by atoms with Gasteiger partial charge in [-0.3, -0.25) is 14.4 Å². The van der Waals surface area contributed by atoms with Crippen LogP contribution in [0.4, 0.5) is 8.78 Å². The molecule has 0 spiro atoms. The number of imidazole rings is 1. The van der Waals surface area contributed by atoms with Gasteiger partial charge in [-0.2, -0.15) is 4.98 Å². The van der Waals surface area contributed by atoms with Crippen LogP contribution in [0.2, 0.25) is 5.15 Å². The second-order valence-electron chi connectivity index (χ2n) is 10.7. The number of β-amino-alcohol motifs (C(OH)–C–C–N with tert-alkyl or cyclic N) is 1. The van der Waals surface area contributed by atoms with E-state index in [2.05, 4.69) is 24.8 Å². The molecule has 2 atom stereocenters. The largest absolute Gasteiger partial charge is 0.462 e. The molecular weight excluding hydrogens is 566 g/mol. The number of rotatable bonds is 9. The van der Waals surface area contributed by atoms with E-state index in [1.54, 1.807) is 28.8 Å². The molecule has 6 rings (SSSR count). The van der Waals surface area contributed by atoms with Gasteiger partial charge in [0.15, 0.2) is 10.8 Å². The number of ether oxygens (including phenoxy) is 2. The highest BCUT2D eigenvalue weighted by molar-refractivity contribution is 6.33. The van der Waals surface area contributed by atoms with E-state index in [1.807, 2.05) is 0 Å². The summed E-state index contributed by atoms with van der Waals surface area (Å²) in [6, 6.07) is 13.1. The molecule has 0 aliphatic carbocycles. The smallest absolute Gasteiger partial charge is 0.300 e. The Hall–Kier alpha value is -3.22. The maximum absolute atomic E-state index is 13.7. The van der Waals surface area contributed by atoms with Crippen molar-refractivity contribution in [1.82, 2.24) is 29.3 Å². The predicted octanol–water partition coefficient (Wildman–Crippen LogP) is 4.60. The summed E-state index contributed by atoms with van der Waals surface area (Å²) in [6.45, 7) is 3.98. The molecule has 2 aromatic carbocycles. The predicted molar refractivity (Wildman–Crippen MR) is 153 cm³/mol. The normalized spacial score (nSPS) is 19.4. The summed E-state index contributed by atoms with van der Waals surface area (Å²) in [5.41, 5.74) is 2.87. The second-order valence-corrected chi connectivity index (χ2v) is 11.1. The van der Waals surface area contributed by atoms with Gasteiger partial charge in [0.25, 0.3) is 0 Å². The average Bonchev–Trinajstić information content (AvgIpc) is 3.39. The second kappa shape index (κ2) is 13.0. The van der Waals surface area contributed by atoms with Crippen molar-refractivity contribution in [2.75, 3.05) is 45.9 Å². The van der Waals surface area contributed by atoms with Crippen LogP contribution >= 0.6 is 11.6 Å². The summed E-state index contributed by atoms with van der Waals surface area (Å²) in [7, 11) is 0. The summed E-state index contributed by atoms with van der Waals surface area (Å²) < 4.78 is 41.1. The van der Waals surface area contributed by atoms with Crippen LogP contribution in [0, 0.1) is 11.6 Å². The van der Waals surface area contributed by atoms with E-state index in [0.29, 0.717) is 30.3 Å². The average molecular weight is 599 g/mol. The van der Waals surface area contributed by atoms with Crippen LogP contribution < -0.4 is 4.74 Å². The zero-order valence-electron chi connectivity index (χ0n) is 23.1. The molecule has 0 bridgehead atoms. The number of piperazine rings is 1. The summed E-state index contributed by atoms with van der Waals surface area (Å²) >= 11 is 6.28. The molecule has 1 N–H and O–H groups in total. The number of nitrogens with zero attached hydrogens (tertiary/aromatic N) is 6. The molecule has 0 radical (unpaired) electrons. The van der Waals surface area contributed by atoms with Crippen LogP contribution in [-0.2, 0) is 4.74 Å². The molecule has 9 nitrogen and oxygen atoms in total. The van der Waals surface area contributed by atoms with Crippen molar-refractivity contribution in [3.63, 3.8) is 0 Å². The Morgan fingerprint density at radius 2 is 1.62 bits per heavy atom. The Morgan fingerprint density at radius 3 is 2.24 bits per heavy atom. The molecule has 2 aromatic heterocycles. The maximum Gasteiger partial charge on any atom is 0.300 e. The van der Waals surface area contributed by atoms with E-state index in [0.717, 1.165) is 56.6 Å². The molecule has 12 heteroatoms. The highest BCUT2D eigenvalue weighted by Crippen LogP contribution is 2.33. The SMILES string of the molecule is OC(COc1nc2c(Cl)ncnc2n1C1CCCCO1)CN1CCN(C(c2ccc(F)cc2)c2ccc(F)cc2)CC1. The fraction of sp³-hybridized carbons (Fsp3) is 0.433. The first-order valence-electron chi connectivity index (χ1n) is 14.2. The topological polar surface area (TPSA) is 88.8 Å². The van der Waals surface area contributed by atoms with Crippen LogP contribution in [0.25, 0.3) is 11.2 Å². The third kappa shape index (κ3) is 6.40. The van der Waals surface area contributed by atoms with E-state index in [4.69, 9.17) is 21.1 Å². The molecule has 0 amide bonds. The third-order valence-electron chi connectivity index (χ3n) is 7.86. The summed E-state index contributed by atoms with van der Waals surface area (Å²) in [6.07, 6.45) is 3.16. The summed E-state index contributed by atoms with van der Waals surface area (Å²) in [4.78, 5) is 17.4. The van der Waals surface area contributed by atoms with E-state index >= 15 is 0 Å². The first kappa shape index (κ1) is 28.9. The fourth-order valence-electron chi connectivity index (χ4n) is 5.78. The molecule has 2 unspecified atom stereocenters. The maximum atomic E-state index is 13.7. The molecule has 0 saturated carbocycles. The monoisotopic (exact) mass is 598 g/mol. The number of benzene rings is 2. The van der Waals surface area contributed by atoms with Crippen LogP contribution in [-0.4, -0.2) is 86.5 Å². The lowest BCUT2D eigenvalue weighted by Crippen LogP contribution is -2.50. The number of aromatic nitrogens is 4. The highest BCUT2D eigenvalue weighted by atomic mass is 35.5. The molecule has 2 saturated heterocycles. The molecule has 2 fully saturated rings. The van der Waals surface area contributed by atoms with Gasteiger partial charge in [0.2, 0.25) is 0 Å². The van der Waals surface area contributed by atoms with Gasteiger partial charge < -0.3 is 14.6 Å². The number of aliphatic hydroxyl groups excluding tert-OH is 1. The zero-order valence-corrected chi connectivity index (χ0v) is 23.8. The molecule has 2 aliphatic heterocycles. The third-order valence-corrected chi connectivity index (χ3v) is 8.14. The number of hydrogen-bond acceptors (Lipinski definition) is 8. The standard InChI is InChI=1S/C30H33ClF2N6O3/c31-28-26-29(35-19-34-28)39(25-3-1-2-16-41-25)30(36-26)42-18-24(40)17-37-12-14-38(15-13-37)27(20-4-8-22(32)9-5-20)21-6-10-23(33)11-7-21/h4-11,19,24-25,27,40H,1-3,12-18H2. The van der Waals surface area contributed by atoms with Gasteiger partial charge in [-0.05, 0) is 54.7 Å². The van der Waals surface area contributed by atoms with Gasteiger partial charge in [0.1, 0.15) is 42.4 Å². The van der Waals surface area contributed by atoms with E-state index in [1.165, 1.54) is 30.6 Å². The van der Waals surface area contributed by atoms with Crippen molar-refractivity contribution in [3.8, 4) is 6.01 Å². The Bertz CT molecular complexity index is 1430. The Morgan fingerprint density at radius 1 is 0.952 bits per heavy atom. The van der Waals surface area contributed by atoms with Crippen molar-refractivity contribution in [2.24, 2.45) is 0 Å². The van der Waals surface area contributed by atoms with Crippen LogP contribution in [0.15, 0.2) is 54.9 Å². The Labute approximate surface area is 247 Å². The van der Waals surface area contributed by atoms with E-state index < -0.39 is 6.10 Å². The number of fused-ring (bicyclic) bond motifs is 1. The Balaban J connectivity index is 1.09. The van der Waals surface area contributed by atoms with Crippen molar-refractivity contribution in [1.29, 1.82) is 0 Å². The van der Waals surface area contributed by atoms with Gasteiger partial charge in [-0.1, -0.05) is 35.9 Å². The molecule has 42 heavy (non-hydrogen) atoms. The van der Waals surface area contributed by atoms with Crippen molar-refractivity contribution in [2.45, 2.75) is 37.6 Å². The van der Waals surface area contributed by atoms with Gasteiger partial charge in [-0.25, -0.2) is 18.7 Å². The van der Waals surface area contributed by atoms with Gasteiger partial charge >= 0.3 is 6.01 Å². The van der Waals surface area contributed by atoms with E-state index in [-0.39, 0.29) is 35.7 Å². The minimum atomic E-state index is -0.761. The fourth-order valence-corrected chi connectivity index (χ4v) is 5.95. The molecule has 222 valence electrons.